The van der Waals surface area contributed by atoms with Crippen molar-refractivity contribution in [3.05, 3.63) is 96.6 Å². The van der Waals surface area contributed by atoms with Crippen LogP contribution in [0.15, 0.2) is 91.0 Å². The van der Waals surface area contributed by atoms with Crippen molar-refractivity contribution < 1.29 is 19.1 Å². The number of allylic oxidation sites excluding steroid dienone is 2. The van der Waals surface area contributed by atoms with E-state index in [-0.39, 0.29) is 47.9 Å². The summed E-state index contributed by atoms with van der Waals surface area (Å²) in [5.41, 5.74) is 3.07. The first-order valence-electron chi connectivity index (χ1n) is 11.6. The highest BCUT2D eigenvalue weighted by Crippen LogP contribution is 2.53. The molecule has 0 aromatic heterocycles. The Morgan fingerprint density at radius 1 is 0.765 bits per heavy atom. The highest BCUT2D eigenvalue weighted by Gasteiger charge is 2.59. The van der Waals surface area contributed by atoms with Crippen LogP contribution >= 0.6 is 0 Å². The van der Waals surface area contributed by atoms with E-state index in [0.717, 1.165) is 17.5 Å². The van der Waals surface area contributed by atoms with Gasteiger partial charge in [-0.05, 0) is 41.5 Å². The molecule has 34 heavy (non-hydrogen) atoms. The second-order valence-electron chi connectivity index (χ2n) is 9.13. The van der Waals surface area contributed by atoms with Crippen LogP contribution < -0.4 is 9.64 Å². The number of hydrogen-bond donors (Lipinski definition) is 0. The van der Waals surface area contributed by atoms with Crippen molar-refractivity contribution in [2.75, 3.05) is 11.5 Å². The number of rotatable bonds is 6. The monoisotopic (exact) mass is 449 g/mol. The van der Waals surface area contributed by atoms with Crippen LogP contribution in [0.25, 0.3) is 11.1 Å². The number of ketones is 1. The normalized spacial score (nSPS) is 24.5. The third kappa shape index (κ3) is 3.27. The SMILES string of the molecule is O=C(COc1ccccc1N1C(=O)[C@@H]2[C@@H](C1=O)[C@H]1C=C[C@@H]2C1)c1ccc(-c2ccccc2)cc1. The number of amides is 2. The number of hydrogen-bond acceptors (Lipinski definition) is 4. The van der Waals surface area contributed by atoms with E-state index in [2.05, 4.69) is 12.2 Å². The summed E-state index contributed by atoms with van der Waals surface area (Å²) in [5.74, 6) is -0.404. The fourth-order valence-electron chi connectivity index (χ4n) is 5.61. The van der Waals surface area contributed by atoms with Crippen molar-refractivity contribution in [1.29, 1.82) is 0 Å². The smallest absolute Gasteiger partial charge is 0.238 e. The van der Waals surface area contributed by atoms with Gasteiger partial charge in [-0.2, -0.15) is 0 Å². The van der Waals surface area contributed by atoms with Crippen LogP contribution in [0.3, 0.4) is 0 Å². The minimum Gasteiger partial charge on any atom is -0.483 e. The quantitative estimate of drug-likeness (QED) is 0.304. The van der Waals surface area contributed by atoms with Gasteiger partial charge in [-0.1, -0.05) is 78.9 Å². The third-order valence-corrected chi connectivity index (χ3v) is 7.25. The van der Waals surface area contributed by atoms with Crippen molar-refractivity contribution in [2.45, 2.75) is 6.42 Å². The van der Waals surface area contributed by atoms with Gasteiger partial charge in [-0.25, -0.2) is 4.90 Å². The molecule has 1 aliphatic heterocycles. The molecule has 0 radical (unpaired) electrons. The molecule has 2 aliphatic carbocycles. The molecule has 0 spiro atoms. The van der Waals surface area contributed by atoms with Gasteiger partial charge in [-0.15, -0.1) is 0 Å². The average molecular weight is 450 g/mol. The van der Waals surface area contributed by atoms with Crippen LogP contribution in [0, 0.1) is 23.7 Å². The largest absolute Gasteiger partial charge is 0.483 e. The van der Waals surface area contributed by atoms with Gasteiger partial charge in [0.05, 0.1) is 17.5 Å². The number of nitrogens with zero attached hydrogens (tertiary/aromatic N) is 1. The molecule has 3 aromatic carbocycles. The second kappa shape index (κ2) is 8.10. The molecule has 2 amide bonds. The summed E-state index contributed by atoms with van der Waals surface area (Å²) in [6, 6.07) is 24.3. The lowest BCUT2D eigenvalue weighted by Gasteiger charge is -2.20. The molecule has 0 unspecified atom stereocenters. The number of benzene rings is 3. The summed E-state index contributed by atoms with van der Waals surface area (Å²) in [4.78, 5) is 40.5. The van der Waals surface area contributed by atoms with E-state index in [1.807, 2.05) is 42.5 Å². The fraction of sp³-hybridized carbons (Fsp3) is 0.207. The molecule has 3 aromatic rings. The van der Waals surface area contributed by atoms with Crippen molar-refractivity contribution in [2.24, 2.45) is 23.7 Å². The number of para-hydroxylation sites is 2. The molecule has 6 rings (SSSR count). The minimum atomic E-state index is -0.277. The molecule has 1 saturated carbocycles. The Hall–Kier alpha value is -3.99. The van der Waals surface area contributed by atoms with Crippen molar-refractivity contribution in [3.63, 3.8) is 0 Å². The Kier molecular flexibility index (Phi) is 4.91. The third-order valence-electron chi connectivity index (χ3n) is 7.25. The summed E-state index contributed by atoms with van der Waals surface area (Å²) in [7, 11) is 0. The topological polar surface area (TPSA) is 63.7 Å². The summed E-state index contributed by atoms with van der Waals surface area (Å²) < 4.78 is 5.86. The van der Waals surface area contributed by atoms with Crippen molar-refractivity contribution in [1.82, 2.24) is 0 Å². The van der Waals surface area contributed by atoms with E-state index in [4.69, 9.17) is 4.74 Å². The fourth-order valence-corrected chi connectivity index (χ4v) is 5.61. The molecule has 2 bridgehead atoms. The Balaban J connectivity index is 1.18. The summed E-state index contributed by atoms with van der Waals surface area (Å²) in [6.45, 7) is -0.183. The van der Waals surface area contributed by atoms with Crippen LogP contribution in [-0.2, 0) is 9.59 Å². The molecule has 5 heteroatoms. The van der Waals surface area contributed by atoms with Gasteiger partial charge in [-0.3, -0.25) is 14.4 Å². The average Bonchev–Trinajstić information content (AvgIpc) is 3.57. The molecule has 0 N–H and O–H groups in total. The van der Waals surface area contributed by atoms with E-state index in [9.17, 15) is 14.4 Å². The van der Waals surface area contributed by atoms with Gasteiger partial charge in [0.25, 0.3) is 0 Å². The van der Waals surface area contributed by atoms with Crippen LogP contribution in [0.2, 0.25) is 0 Å². The van der Waals surface area contributed by atoms with E-state index in [1.54, 1.807) is 36.4 Å². The minimum absolute atomic E-state index is 0.143. The Morgan fingerprint density at radius 2 is 1.35 bits per heavy atom. The van der Waals surface area contributed by atoms with Gasteiger partial charge in [0.2, 0.25) is 11.8 Å². The highest BCUT2D eigenvalue weighted by atomic mass is 16.5. The first-order valence-corrected chi connectivity index (χ1v) is 11.6. The maximum absolute atomic E-state index is 13.2. The molecular formula is C29H23NO4. The Morgan fingerprint density at radius 3 is 2.03 bits per heavy atom. The predicted octanol–water partition coefficient (Wildman–Crippen LogP) is 4.93. The highest BCUT2D eigenvalue weighted by molar-refractivity contribution is 6.23. The molecule has 2 fully saturated rings. The zero-order valence-electron chi connectivity index (χ0n) is 18.5. The molecule has 168 valence electrons. The van der Waals surface area contributed by atoms with E-state index in [1.165, 1.54) is 4.90 Å². The zero-order chi connectivity index (χ0) is 23.2. The number of carbonyl (C=O) groups excluding carboxylic acids is 3. The van der Waals surface area contributed by atoms with Gasteiger partial charge in [0.15, 0.2) is 12.4 Å². The number of Topliss-reactive ketones (excluding diaryl/α,β-unsaturated/α-hetero) is 1. The van der Waals surface area contributed by atoms with Crippen LogP contribution in [0.4, 0.5) is 5.69 Å². The standard InChI is InChI=1S/C29H23NO4/c31-24(20-12-10-19(11-13-20)18-6-2-1-3-7-18)17-34-25-9-5-4-8-23(25)30-28(32)26-21-14-15-22(16-21)27(26)29(30)33/h1-15,21-22,26-27H,16-17H2/t21-,22+,26-,27-/m0/s1. The van der Waals surface area contributed by atoms with Crippen molar-refractivity contribution >= 4 is 23.3 Å². The molecular weight excluding hydrogens is 426 g/mol. The number of fused-ring (bicyclic) bond motifs is 5. The van der Waals surface area contributed by atoms with Gasteiger partial charge in [0, 0.05) is 5.56 Å². The molecule has 4 atom stereocenters. The molecule has 3 aliphatic rings. The second-order valence-corrected chi connectivity index (χ2v) is 9.13. The van der Waals surface area contributed by atoms with Gasteiger partial charge in [0.1, 0.15) is 5.75 Å². The molecule has 1 saturated heterocycles. The maximum Gasteiger partial charge on any atom is 0.238 e. The Bertz CT molecular complexity index is 1280. The summed E-state index contributed by atoms with van der Waals surface area (Å²) in [6.07, 6.45) is 5.03. The summed E-state index contributed by atoms with van der Waals surface area (Å²) in [5, 5.41) is 0. The number of ether oxygens (including phenoxy) is 1. The van der Waals surface area contributed by atoms with Gasteiger partial charge < -0.3 is 4.74 Å². The van der Waals surface area contributed by atoms with Crippen LogP contribution in [0.5, 0.6) is 5.75 Å². The Labute approximate surface area is 197 Å². The number of carbonyl (C=O) groups is 3. The lowest BCUT2D eigenvalue weighted by Crippen LogP contribution is -2.33. The van der Waals surface area contributed by atoms with Crippen LogP contribution in [-0.4, -0.2) is 24.2 Å². The van der Waals surface area contributed by atoms with E-state index >= 15 is 0 Å². The first kappa shape index (κ1) is 20.6. The number of imide groups is 1. The molecule has 5 nitrogen and oxygen atoms in total. The van der Waals surface area contributed by atoms with E-state index < -0.39 is 0 Å². The zero-order valence-corrected chi connectivity index (χ0v) is 18.5. The summed E-state index contributed by atoms with van der Waals surface area (Å²) >= 11 is 0. The predicted molar refractivity (Wildman–Crippen MR) is 128 cm³/mol. The first-order chi connectivity index (χ1) is 16.6. The molecule has 1 heterocycles. The van der Waals surface area contributed by atoms with Crippen molar-refractivity contribution in [3.8, 4) is 16.9 Å². The van der Waals surface area contributed by atoms with Gasteiger partial charge >= 0.3 is 0 Å². The van der Waals surface area contributed by atoms with Crippen LogP contribution in [0.1, 0.15) is 16.8 Å². The van der Waals surface area contributed by atoms with E-state index in [0.29, 0.717) is 17.0 Å². The lowest BCUT2D eigenvalue weighted by molar-refractivity contribution is -0.123. The number of anilines is 1. The lowest BCUT2D eigenvalue weighted by atomic mass is 9.85. The maximum atomic E-state index is 13.2.